The number of aliphatic hydroxyl groups is 1. The molecule has 1 unspecified atom stereocenters. The first kappa shape index (κ1) is 20.4. The molecule has 0 aliphatic carbocycles. The number of nitrogens with zero attached hydrogens (tertiary/aromatic N) is 1. The van der Waals surface area contributed by atoms with Gasteiger partial charge in [0.2, 0.25) is 0 Å². The summed E-state index contributed by atoms with van der Waals surface area (Å²) in [4.78, 5) is 15.1. The zero-order valence-electron chi connectivity index (χ0n) is 17.1. The number of esters is 1. The van der Waals surface area contributed by atoms with Crippen molar-refractivity contribution in [3.8, 4) is 17.1 Å². The molecular formula is C24H27NO5. The predicted molar refractivity (Wildman–Crippen MR) is 115 cm³/mol. The molecule has 0 radical (unpaired) electrons. The van der Waals surface area contributed by atoms with Crippen LogP contribution in [0.2, 0.25) is 0 Å². The molecule has 0 saturated carbocycles. The molecule has 1 saturated heterocycles. The monoisotopic (exact) mass is 409 g/mol. The van der Waals surface area contributed by atoms with Crippen LogP contribution in [0.15, 0.2) is 46.9 Å². The van der Waals surface area contributed by atoms with Crippen LogP contribution in [0.1, 0.15) is 35.7 Å². The Kier molecular flexibility index (Phi) is 6.06. The number of likely N-dealkylation sites (tertiary alicyclic amines) is 1. The van der Waals surface area contributed by atoms with Crippen molar-refractivity contribution < 1.29 is 24.2 Å². The van der Waals surface area contributed by atoms with Gasteiger partial charge in [0.15, 0.2) is 0 Å². The first-order chi connectivity index (χ1) is 14.6. The number of benzene rings is 2. The lowest BCUT2D eigenvalue weighted by atomic mass is 9.98. The van der Waals surface area contributed by atoms with Crippen molar-refractivity contribution in [1.82, 2.24) is 4.90 Å². The summed E-state index contributed by atoms with van der Waals surface area (Å²) in [5.74, 6) is 0.116. The summed E-state index contributed by atoms with van der Waals surface area (Å²) in [7, 11) is 0. The molecule has 4 rings (SSSR count). The number of carbonyl (C=O) groups is 1. The summed E-state index contributed by atoms with van der Waals surface area (Å²) in [6, 6.07) is 12.7. The highest BCUT2D eigenvalue weighted by Crippen LogP contribution is 2.39. The fraction of sp³-hybridized carbons (Fsp3) is 0.375. The Morgan fingerprint density at radius 3 is 2.77 bits per heavy atom. The van der Waals surface area contributed by atoms with Gasteiger partial charge in [0.25, 0.3) is 0 Å². The number of furan rings is 1. The maximum Gasteiger partial charge on any atom is 0.342 e. The number of aliphatic hydroxyl groups excluding tert-OH is 1. The lowest BCUT2D eigenvalue weighted by Crippen LogP contribution is -2.39. The van der Waals surface area contributed by atoms with Crippen LogP contribution in [0.5, 0.6) is 5.75 Å². The maximum atomic E-state index is 12.9. The fourth-order valence-electron chi connectivity index (χ4n) is 4.20. The van der Waals surface area contributed by atoms with Crippen molar-refractivity contribution in [2.24, 2.45) is 0 Å². The molecule has 1 aromatic heterocycles. The standard InChI is InChI=1S/C24H27NO5/c1-2-29-24(28)22-21-18(12-14-25-13-6-9-17(26)15-25)19(27)10-11-20(21)30-23(22)16-7-4-3-5-8-16/h3-5,7-8,10-11,17,26-27H,2,6,9,12-15H2,1H3. The van der Waals surface area contributed by atoms with E-state index in [1.807, 2.05) is 30.3 Å². The summed E-state index contributed by atoms with van der Waals surface area (Å²) in [5, 5.41) is 21.2. The van der Waals surface area contributed by atoms with Crippen LogP contribution in [0.4, 0.5) is 0 Å². The van der Waals surface area contributed by atoms with E-state index in [1.165, 1.54) is 0 Å². The van der Waals surface area contributed by atoms with Gasteiger partial charge in [0.1, 0.15) is 22.7 Å². The average Bonchev–Trinajstić information content (AvgIpc) is 3.14. The number of hydrogen-bond acceptors (Lipinski definition) is 6. The summed E-state index contributed by atoms with van der Waals surface area (Å²) in [6.07, 6.45) is 2.01. The Balaban J connectivity index is 1.78. The van der Waals surface area contributed by atoms with E-state index in [1.54, 1.807) is 19.1 Å². The Hall–Kier alpha value is -2.83. The van der Waals surface area contributed by atoms with Crippen molar-refractivity contribution in [2.75, 3.05) is 26.2 Å². The minimum absolute atomic E-state index is 0.131. The second kappa shape index (κ2) is 8.90. The van der Waals surface area contributed by atoms with Gasteiger partial charge in [-0.05, 0) is 44.9 Å². The van der Waals surface area contributed by atoms with Crippen molar-refractivity contribution in [3.63, 3.8) is 0 Å². The number of fused-ring (bicyclic) bond motifs is 1. The van der Waals surface area contributed by atoms with Gasteiger partial charge in [0, 0.05) is 29.6 Å². The number of hydrogen-bond donors (Lipinski definition) is 2. The van der Waals surface area contributed by atoms with Crippen LogP contribution < -0.4 is 0 Å². The van der Waals surface area contributed by atoms with E-state index in [0.717, 1.165) is 24.9 Å². The molecule has 1 atom stereocenters. The third-order valence-corrected chi connectivity index (χ3v) is 5.61. The molecule has 1 fully saturated rings. The van der Waals surface area contributed by atoms with Gasteiger partial charge < -0.3 is 24.3 Å². The van der Waals surface area contributed by atoms with Crippen LogP contribution in [0.25, 0.3) is 22.3 Å². The molecule has 1 aliphatic heterocycles. The summed E-state index contributed by atoms with van der Waals surface area (Å²) in [5.41, 5.74) is 2.34. The first-order valence-corrected chi connectivity index (χ1v) is 10.5. The zero-order valence-corrected chi connectivity index (χ0v) is 17.1. The number of phenolic OH excluding ortho intramolecular Hbond substituents is 1. The summed E-state index contributed by atoms with van der Waals surface area (Å²) < 4.78 is 11.4. The number of rotatable bonds is 6. The third-order valence-electron chi connectivity index (χ3n) is 5.61. The van der Waals surface area contributed by atoms with E-state index in [4.69, 9.17) is 9.15 Å². The average molecular weight is 409 g/mol. The van der Waals surface area contributed by atoms with Crippen molar-refractivity contribution in [1.29, 1.82) is 0 Å². The van der Waals surface area contributed by atoms with Crippen LogP contribution in [-0.4, -0.2) is 53.4 Å². The number of carbonyl (C=O) groups excluding carboxylic acids is 1. The van der Waals surface area contributed by atoms with Gasteiger partial charge in [-0.25, -0.2) is 4.79 Å². The van der Waals surface area contributed by atoms with Gasteiger partial charge >= 0.3 is 5.97 Å². The van der Waals surface area contributed by atoms with Crippen LogP contribution in [0.3, 0.4) is 0 Å². The van der Waals surface area contributed by atoms with E-state index in [2.05, 4.69) is 4.90 Å². The molecule has 6 nitrogen and oxygen atoms in total. The Bertz CT molecular complexity index is 1030. The lowest BCUT2D eigenvalue weighted by molar-refractivity contribution is 0.0528. The van der Waals surface area contributed by atoms with Gasteiger partial charge in [-0.15, -0.1) is 0 Å². The number of β-amino-alcohol motifs (C(OH)–C–C–N with tert-alkyl or cyclic N) is 1. The Morgan fingerprint density at radius 2 is 2.03 bits per heavy atom. The van der Waals surface area contributed by atoms with Crippen molar-refractivity contribution >= 4 is 16.9 Å². The molecule has 0 amide bonds. The number of phenols is 1. The van der Waals surface area contributed by atoms with Crippen LogP contribution >= 0.6 is 0 Å². The molecule has 1 aliphatic rings. The minimum atomic E-state index is -0.463. The topological polar surface area (TPSA) is 83.1 Å². The summed E-state index contributed by atoms with van der Waals surface area (Å²) in [6.45, 7) is 4.24. The molecular weight excluding hydrogens is 382 g/mol. The molecule has 0 spiro atoms. The zero-order chi connectivity index (χ0) is 21.1. The highest BCUT2D eigenvalue weighted by molar-refractivity contribution is 6.10. The molecule has 2 heterocycles. The summed E-state index contributed by atoms with van der Waals surface area (Å²) >= 11 is 0. The SMILES string of the molecule is CCOC(=O)c1c(-c2ccccc2)oc2ccc(O)c(CCN3CCCC(O)C3)c12. The largest absolute Gasteiger partial charge is 0.508 e. The Labute approximate surface area is 175 Å². The van der Waals surface area contributed by atoms with Gasteiger partial charge in [0.05, 0.1) is 12.7 Å². The molecule has 0 bridgehead atoms. The van der Waals surface area contributed by atoms with E-state index >= 15 is 0 Å². The highest BCUT2D eigenvalue weighted by Gasteiger charge is 2.27. The normalized spacial score (nSPS) is 17.3. The van der Waals surface area contributed by atoms with Crippen LogP contribution in [0, 0.1) is 0 Å². The second-order valence-corrected chi connectivity index (χ2v) is 7.68. The highest BCUT2D eigenvalue weighted by atomic mass is 16.5. The fourth-order valence-corrected chi connectivity index (χ4v) is 4.20. The van der Waals surface area contributed by atoms with E-state index < -0.39 is 5.97 Å². The second-order valence-electron chi connectivity index (χ2n) is 7.68. The van der Waals surface area contributed by atoms with E-state index in [-0.39, 0.29) is 18.5 Å². The Morgan fingerprint density at radius 1 is 1.23 bits per heavy atom. The molecule has 3 aromatic rings. The molecule has 2 N–H and O–H groups in total. The smallest absolute Gasteiger partial charge is 0.342 e. The third kappa shape index (κ3) is 4.06. The van der Waals surface area contributed by atoms with Gasteiger partial charge in [-0.2, -0.15) is 0 Å². The number of piperidine rings is 1. The molecule has 6 heteroatoms. The van der Waals surface area contributed by atoms with E-state index in [0.29, 0.717) is 47.4 Å². The van der Waals surface area contributed by atoms with Gasteiger partial charge in [-0.1, -0.05) is 30.3 Å². The lowest BCUT2D eigenvalue weighted by Gasteiger charge is -2.30. The predicted octanol–water partition coefficient (Wildman–Crippen LogP) is 3.98. The minimum Gasteiger partial charge on any atom is -0.508 e. The van der Waals surface area contributed by atoms with Crippen molar-refractivity contribution in [2.45, 2.75) is 32.3 Å². The molecule has 2 aromatic carbocycles. The molecule has 158 valence electrons. The molecule has 30 heavy (non-hydrogen) atoms. The van der Waals surface area contributed by atoms with Crippen molar-refractivity contribution in [3.05, 3.63) is 53.6 Å². The maximum absolute atomic E-state index is 12.9. The van der Waals surface area contributed by atoms with Gasteiger partial charge in [-0.3, -0.25) is 0 Å². The van der Waals surface area contributed by atoms with Crippen LogP contribution in [-0.2, 0) is 11.2 Å². The van der Waals surface area contributed by atoms with E-state index in [9.17, 15) is 15.0 Å². The number of aromatic hydroxyl groups is 1. The number of ether oxygens (including phenoxy) is 1. The quantitative estimate of drug-likeness (QED) is 0.599. The first-order valence-electron chi connectivity index (χ1n) is 10.5.